The molecule has 0 aromatic heterocycles. The Morgan fingerprint density at radius 2 is 1.24 bits per heavy atom. The van der Waals surface area contributed by atoms with Crippen LogP contribution in [0.5, 0.6) is 0 Å². The Labute approximate surface area is 223 Å². The van der Waals surface area contributed by atoms with E-state index in [0.29, 0.717) is 0 Å². The summed E-state index contributed by atoms with van der Waals surface area (Å²) >= 11 is -2.24. The fraction of sp³-hybridized carbons (Fsp3) is 0.0667. The molecule has 167 valence electrons. The second kappa shape index (κ2) is 11.2. The molecule has 0 bridgehead atoms. The molecule has 34 heavy (non-hydrogen) atoms. The molecule has 2 aliphatic rings. The van der Waals surface area contributed by atoms with E-state index in [9.17, 15) is 0 Å². The molecule has 0 saturated heterocycles. The Balaban J connectivity index is 0.00000137. The van der Waals surface area contributed by atoms with E-state index in [1.807, 2.05) is 0 Å². The Morgan fingerprint density at radius 1 is 0.618 bits per heavy atom. The maximum atomic E-state index is 2.50. The summed E-state index contributed by atoms with van der Waals surface area (Å²) in [6.45, 7) is 0. The SMILES string of the molecule is C1=CC[C]([Zr+2]([c]2cccc3c2Cc2ccccc2-3)[SiH](c2ccccc2)c2ccccc2)=C1.[Cl-].[Cl-]. The van der Waals surface area contributed by atoms with Gasteiger partial charge in [-0.2, -0.15) is 0 Å². The second-order valence-corrected chi connectivity index (χ2v) is 23.5. The van der Waals surface area contributed by atoms with Gasteiger partial charge in [0.05, 0.1) is 0 Å². The summed E-state index contributed by atoms with van der Waals surface area (Å²) in [6.07, 6.45) is 9.39. The van der Waals surface area contributed by atoms with Crippen molar-refractivity contribution in [3.05, 3.63) is 136 Å². The van der Waals surface area contributed by atoms with Crippen LogP contribution >= 0.6 is 0 Å². The molecule has 0 saturated carbocycles. The van der Waals surface area contributed by atoms with E-state index in [1.54, 1.807) is 22.5 Å². The van der Waals surface area contributed by atoms with Crippen molar-refractivity contribution in [2.75, 3.05) is 0 Å². The third-order valence-corrected chi connectivity index (χ3v) is 27.9. The molecule has 2 aliphatic carbocycles. The fourth-order valence-corrected chi connectivity index (χ4v) is 28.4. The number of halogens is 2. The van der Waals surface area contributed by atoms with E-state index < -0.39 is 26.8 Å². The van der Waals surface area contributed by atoms with Crippen LogP contribution < -0.4 is 38.5 Å². The first kappa shape index (κ1) is 25.1. The van der Waals surface area contributed by atoms with Crippen LogP contribution in [0.2, 0.25) is 0 Å². The van der Waals surface area contributed by atoms with Gasteiger partial charge in [0, 0.05) is 0 Å². The smallest absolute Gasteiger partial charge is 1.00 e. The molecule has 4 heteroatoms. The van der Waals surface area contributed by atoms with Crippen molar-refractivity contribution in [2.45, 2.75) is 12.8 Å². The molecular formula is C30H25Cl2SiZr. The fourth-order valence-electron chi connectivity index (χ4n) is 5.39. The molecule has 0 atom stereocenters. The van der Waals surface area contributed by atoms with Gasteiger partial charge in [0.2, 0.25) is 0 Å². The van der Waals surface area contributed by atoms with Crippen LogP contribution in [0.1, 0.15) is 17.5 Å². The molecule has 0 nitrogen and oxygen atoms in total. The van der Waals surface area contributed by atoms with Crippen LogP contribution in [0.15, 0.2) is 125 Å². The number of rotatable bonds is 5. The average Bonchev–Trinajstić information content (AvgIpc) is 3.52. The van der Waals surface area contributed by atoms with Gasteiger partial charge in [-0.1, -0.05) is 0 Å². The molecule has 0 heterocycles. The van der Waals surface area contributed by atoms with Crippen molar-refractivity contribution in [1.82, 2.24) is 0 Å². The second-order valence-electron chi connectivity index (χ2n) is 8.66. The first-order valence-electron chi connectivity index (χ1n) is 11.4. The molecule has 4 aromatic rings. The maximum absolute atomic E-state index is 2.50. The number of hydrogen-bond donors (Lipinski definition) is 0. The molecule has 6 rings (SSSR count). The minimum atomic E-state index is -2.24. The van der Waals surface area contributed by atoms with Crippen LogP contribution in [0.25, 0.3) is 11.1 Å². The predicted octanol–water partition coefficient (Wildman–Crippen LogP) is -1.11. The van der Waals surface area contributed by atoms with Gasteiger partial charge in [-0.3, -0.25) is 0 Å². The van der Waals surface area contributed by atoms with Gasteiger partial charge in [-0.25, -0.2) is 0 Å². The van der Waals surface area contributed by atoms with E-state index in [-0.39, 0.29) is 24.8 Å². The Morgan fingerprint density at radius 3 is 1.88 bits per heavy atom. The molecule has 0 radical (unpaired) electrons. The number of hydrogen-bond acceptors (Lipinski definition) is 0. The van der Waals surface area contributed by atoms with E-state index in [1.165, 1.54) is 16.7 Å². The minimum Gasteiger partial charge on any atom is -1.00 e. The molecular weight excluding hydrogens is 551 g/mol. The summed E-state index contributed by atoms with van der Waals surface area (Å²) in [4.78, 5) is 0. The van der Waals surface area contributed by atoms with Gasteiger partial charge in [-0.15, -0.1) is 0 Å². The molecule has 0 N–H and O–H groups in total. The minimum absolute atomic E-state index is 0. The van der Waals surface area contributed by atoms with E-state index in [4.69, 9.17) is 0 Å². The van der Waals surface area contributed by atoms with Crippen LogP contribution in [0, 0.1) is 0 Å². The summed E-state index contributed by atoms with van der Waals surface area (Å²) in [6, 6.07) is 39.1. The number of benzene rings is 4. The van der Waals surface area contributed by atoms with Crippen molar-refractivity contribution >= 4 is 19.6 Å². The van der Waals surface area contributed by atoms with E-state index in [2.05, 4.69) is 121 Å². The van der Waals surface area contributed by atoms with Crippen molar-refractivity contribution < 1.29 is 45.7 Å². The van der Waals surface area contributed by atoms with Gasteiger partial charge in [0.1, 0.15) is 0 Å². The predicted molar refractivity (Wildman–Crippen MR) is 135 cm³/mol. The Hall–Kier alpha value is -1.96. The standard InChI is InChI=1S/C13H9.C12H11Si.C5H5.2ClH.Zr/c1-3-7-12-10(5-1)9-11-6-2-4-8-13(11)12;1-3-7-11(8-4-1)13-12-9-5-2-6-10-12;1-2-4-5-3-1;;;/h1-5,7-8H,9H2;1-10,13H;1-3H,4H2;2*1H;/q;;;;;+2/p-2. The Kier molecular flexibility index (Phi) is 8.27. The summed E-state index contributed by atoms with van der Waals surface area (Å²) in [5, 5.41) is 3.21. The van der Waals surface area contributed by atoms with Crippen molar-refractivity contribution in [3.8, 4) is 11.1 Å². The third kappa shape index (κ3) is 4.62. The van der Waals surface area contributed by atoms with Crippen LogP contribution in [-0.4, -0.2) is 5.92 Å². The van der Waals surface area contributed by atoms with Gasteiger partial charge in [0.15, 0.2) is 0 Å². The van der Waals surface area contributed by atoms with Gasteiger partial charge < -0.3 is 24.8 Å². The first-order chi connectivity index (χ1) is 15.9. The quantitative estimate of drug-likeness (QED) is 0.234. The molecule has 0 amide bonds. The largest absolute Gasteiger partial charge is 1.00 e. The topological polar surface area (TPSA) is 0 Å². The summed E-state index contributed by atoms with van der Waals surface area (Å²) in [7, 11) is 0. The van der Waals surface area contributed by atoms with Gasteiger partial charge >= 0.3 is 200 Å². The zero-order valence-electron chi connectivity index (χ0n) is 18.8. The van der Waals surface area contributed by atoms with Crippen molar-refractivity contribution in [3.63, 3.8) is 0 Å². The van der Waals surface area contributed by atoms with Crippen LogP contribution in [0.3, 0.4) is 0 Å². The molecule has 0 unspecified atom stereocenters. The first-order valence-corrected chi connectivity index (χ1v) is 19.9. The van der Waals surface area contributed by atoms with E-state index >= 15 is 0 Å². The third-order valence-electron chi connectivity index (χ3n) is 6.81. The van der Waals surface area contributed by atoms with Crippen molar-refractivity contribution in [1.29, 1.82) is 0 Å². The average molecular weight is 576 g/mol. The summed E-state index contributed by atoms with van der Waals surface area (Å²) in [5.74, 6) is -1.39. The monoisotopic (exact) mass is 573 g/mol. The normalized spacial score (nSPS) is 12.9. The van der Waals surface area contributed by atoms with Gasteiger partial charge in [0.25, 0.3) is 0 Å². The summed E-state index contributed by atoms with van der Waals surface area (Å²) < 4.78 is 3.50. The molecule has 4 aromatic carbocycles. The van der Waals surface area contributed by atoms with Crippen molar-refractivity contribution in [2.24, 2.45) is 0 Å². The molecule has 0 spiro atoms. The van der Waals surface area contributed by atoms with E-state index in [0.717, 1.165) is 12.8 Å². The maximum Gasteiger partial charge on any atom is -1.00 e. The molecule has 0 aliphatic heterocycles. The zero-order chi connectivity index (χ0) is 21.3. The molecule has 0 fully saturated rings. The number of allylic oxidation sites excluding steroid dienone is 4. The van der Waals surface area contributed by atoms with Crippen LogP contribution in [-0.2, 0) is 27.3 Å². The number of fused-ring (bicyclic) bond motifs is 3. The zero-order valence-corrected chi connectivity index (χ0v) is 23.9. The summed E-state index contributed by atoms with van der Waals surface area (Å²) in [5.41, 5.74) is 6.05. The van der Waals surface area contributed by atoms with Crippen LogP contribution in [0.4, 0.5) is 0 Å². The van der Waals surface area contributed by atoms with Gasteiger partial charge in [-0.05, 0) is 0 Å². The Bertz CT molecular complexity index is 1290.